The van der Waals surface area contributed by atoms with Gasteiger partial charge >= 0.3 is 5.97 Å². The summed E-state index contributed by atoms with van der Waals surface area (Å²) in [5.41, 5.74) is -0.519. The van der Waals surface area contributed by atoms with Crippen LogP contribution in [0.3, 0.4) is 0 Å². The van der Waals surface area contributed by atoms with E-state index < -0.39 is 29.3 Å². The highest BCUT2D eigenvalue weighted by Gasteiger charge is 2.61. The zero-order chi connectivity index (χ0) is 9.52. The first kappa shape index (κ1) is 12.4. The average Bonchev–Trinajstić information content (AvgIpc) is 2.32. The Morgan fingerprint density at radius 3 is 2.15 bits per heavy atom. The van der Waals surface area contributed by atoms with Gasteiger partial charge in [-0.2, -0.15) is 8.78 Å². The summed E-state index contributed by atoms with van der Waals surface area (Å²) in [4.78, 5) is 10.5. The van der Waals surface area contributed by atoms with E-state index in [1.807, 2.05) is 0 Å². The zero-order valence-corrected chi connectivity index (χ0v) is 8.07. The molecule has 1 unspecified atom stereocenters. The van der Waals surface area contributed by atoms with E-state index in [2.05, 4.69) is 0 Å². The van der Waals surface area contributed by atoms with Crippen LogP contribution in [0, 0.1) is 17.3 Å². The number of hydrogen-bond acceptors (Lipinski definition) is 1. The summed E-state index contributed by atoms with van der Waals surface area (Å²) in [7, 11) is 0. The first-order valence-corrected chi connectivity index (χ1v) is 3.63. The summed E-state index contributed by atoms with van der Waals surface area (Å²) >= 11 is 0. The maximum Gasteiger partial charge on any atom is 0.307 e. The number of carboxylic acid groups (broad SMARTS) is 1. The fourth-order valence-electron chi connectivity index (χ4n) is 1.60. The second kappa shape index (κ2) is 3.62. The first-order chi connectivity index (χ1) is 5.37. The molecule has 0 radical (unpaired) electrons. The quantitative estimate of drug-likeness (QED) is 0.764. The number of rotatable bonds is 2. The zero-order valence-electron chi connectivity index (χ0n) is 7.25. The minimum absolute atomic E-state index is 0. The van der Waals surface area contributed by atoms with Crippen LogP contribution >= 0.6 is 12.4 Å². The number of allylic oxidation sites excluding steroid dienone is 1. The molecule has 0 spiro atoms. The van der Waals surface area contributed by atoms with E-state index in [1.54, 1.807) is 13.8 Å². The van der Waals surface area contributed by atoms with Gasteiger partial charge in [0, 0.05) is 5.92 Å². The molecule has 0 amide bonds. The largest absolute Gasteiger partial charge is 0.481 e. The Hall–Kier alpha value is -0.640. The van der Waals surface area contributed by atoms with Crippen molar-refractivity contribution >= 4 is 18.4 Å². The van der Waals surface area contributed by atoms with Crippen LogP contribution in [0.15, 0.2) is 12.2 Å². The normalized spacial score (nSPS) is 28.6. The molecule has 1 N–H and O–H groups in total. The van der Waals surface area contributed by atoms with E-state index in [0.717, 1.165) is 6.08 Å². The molecule has 76 valence electrons. The maximum atomic E-state index is 11.8. The van der Waals surface area contributed by atoms with Crippen molar-refractivity contribution in [2.24, 2.45) is 17.3 Å². The van der Waals surface area contributed by atoms with Crippen molar-refractivity contribution in [1.29, 1.82) is 0 Å². The van der Waals surface area contributed by atoms with Crippen LogP contribution in [0.25, 0.3) is 0 Å². The van der Waals surface area contributed by atoms with Gasteiger partial charge in [0.1, 0.15) is 0 Å². The fraction of sp³-hybridized carbons (Fsp3) is 0.625. The molecule has 1 saturated carbocycles. The van der Waals surface area contributed by atoms with Crippen molar-refractivity contribution in [2.45, 2.75) is 13.8 Å². The van der Waals surface area contributed by atoms with Gasteiger partial charge in [0.2, 0.25) is 0 Å². The summed E-state index contributed by atoms with van der Waals surface area (Å²) in [5.74, 6) is -2.17. The molecule has 0 saturated heterocycles. The molecule has 1 aliphatic rings. The highest BCUT2D eigenvalue weighted by atomic mass is 35.5. The van der Waals surface area contributed by atoms with Crippen molar-refractivity contribution in [3.8, 4) is 0 Å². The molecule has 1 rings (SSSR count). The number of hydrogen-bond donors (Lipinski definition) is 1. The topological polar surface area (TPSA) is 37.3 Å². The van der Waals surface area contributed by atoms with Gasteiger partial charge < -0.3 is 5.11 Å². The molecule has 5 heteroatoms. The van der Waals surface area contributed by atoms with Gasteiger partial charge in [0.25, 0.3) is 6.08 Å². The monoisotopic (exact) mass is 212 g/mol. The minimum Gasteiger partial charge on any atom is -0.481 e. The molecular formula is C8H11ClF2O2. The van der Waals surface area contributed by atoms with Crippen LogP contribution in [-0.2, 0) is 4.79 Å². The summed E-state index contributed by atoms with van der Waals surface area (Å²) in [6, 6.07) is 0. The molecule has 0 aromatic heterocycles. The fourth-order valence-corrected chi connectivity index (χ4v) is 1.60. The number of aliphatic carboxylic acids is 1. The van der Waals surface area contributed by atoms with Gasteiger partial charge in [-0.15, -0.1) is 12.4 Å². The summed E-state index contributed by atoms with van der Waals surface area (Å²) in [6.45, 7) is 3.35. The average molecular weight is 213 g/mol. The van der Waals surface area contributed by atoms with Gasteiger partial charge in [-0.25, -0.2) is 0 Å². The SMILES string of the molecule is CC1(C)C(C=C(F)F)[C@H]1C(=O)O.Cl. The number of carbonyl (C=O) groups is 1. The molecule has 0 aliphatic heterocycles. The molecule has 1 fully saturated rings. The Morgan fingerprint density at radius 1 is 1.46 bits per heavy atom. The van der Waals surface area contributed by atoms with E-state index in [9.17, 15) is 13.6 Å². The highest BCUT2D eigenvalue weighted by molar-refractivity contribution is 5.85. The van der Waals surface area contributed by atoms with Crippen LogP contribution in [0.2, 0.25) is 0 Å². The molecule has 2 nitrogen and oxygen atoms in total. The second-order valence-electron chi connectivity index (χ2n) is 3.62. The van der Waals surface area contributed by atoms with Gasteiger partial charge in [-0.1, -0.05) is 13.8 Å². The molecular weight excluding hydrogens is 202 g/mol. The van der Waals surface area contributed by atoms with E-state index in [0.29, 0.717) is 0 Å². The summed E-state index contributed by atoms with van der Waals surface area (Å²) < 4.78 is 23.5. The number of halogens is 3. The van der Waals surface area contributed by atoms with E-state index in [1.165, 1.54) is 0 Å². The lowest BCUT2D eigenvalue weighted by atomic mass is 10.1. The van der Waals surface area contributed by atoms with Gasteiger partial charge in [-0.3, -0.25) is 4.79 Å². The van der Waals surface area contributed by atoms with Crippen molar-refractivity contribution in [3.05, 3.63) is 12.2 Å². The molecule has 0 heterocycles. The third-order valence-electron chi connectivity index (χ3n) is 2.48. The molecule has 2 atom stereocenters. The predicted octanol–water partition coefficient (Wildman–Crippen LogP) is 2.55. The van der Waals surface area contributed by atoms with Crippen LogP contribution in [0.5, 0.6) is 0 Å². The standard InChI is InChI=1S/C8H10F2O2.ClH/c1-8(2)4(3-5(9)10)6(8)7(11)12;/h3-4,6H,1-2H3,(H,11,12);1H/t4?,6-;/m0./s1. The van der Waals surface area contributed by atoms with E-state index >= 15 is 0 Å². The third-order valence-corrected chi connectivity index (χ3v) is 2.48. The highest BCUT2D eigenvalue weighted by Crippen LogP contribution is 2.59. The third kappa shape index (κ3) is 2.18. The van der Waals surface area contributed by atoms with Crippen molar-refractivity contribution in [2.75, 3.05) is 0 Å². The first-order valence-electron chi connectivity index (χ1n) is 3.63. The Kier molecular flexibility index (Phi) is 3.44. The Bertz CT molecular complexity index is 247. The molecule has 0 aromatic rings. The minimum atomic E-state index is -1.79. The lowest BCUT2D eigenvalue weighted by Crippen LogP contribution is -2.02. The van der Waals surface area contributed by atoms with E-state index in [-0.39, 0.29) is 12.4 Å². The molecule has 0 aromatic carbocycles. The van der Waals surface area contributed by atoms with Gasteiger partial charge in [-0.05, 0) is 11.5 Å². The second-order valence-corrected chi connectivity index (χ2v) is 3.62. The van der Waals surface area contributed by atoms with Crippen molar-refractivity contribution in [1.82, 2.24) is 0 Å². The van der Waals surface area contributed by atoms with Gasteiger partial charge in [0.05, 0.1) is 5.92 Å². The van der Waals surface area contributed by atoms with Gasteiger partial charge in [0.15, 0.2) is 0 Å². The Morgan fingerprint density at radius 2 is 1.92 bits per heavy atom. The van der Waals surface area contributed by atoms with Crippen LogP contribution in [0.4, 0.5) is 8.78 Å². The maximum absolute atomic E-state index is 11.8. The molecule has 13 heavy (non-hydrogen) atoms. The number of carboxylic acids is 1. The van der Waals surface area contributed by atoms with Crippen molar-refractivity contribution in [3.63, 3.8) is 0 Å². The Labute approximate surface area is 81.0 Å². The van der Waals surface area contributed by atoms with E-state index in [4.69, 9.17) is 5.11 Å². The van der Waals surface area contributed by atoms with Crippen molar-refractivity contribution < 1.29 is 18.7 Å². The van der Waals surface area contributed by atoms with Crippen LogP contribution in [0.1, 0.15) is 13.8 Å². The van der Waals surface area contributed by atoms with Crippen LogP contribution < -0.4 is 0 Å². The predicted molar refractivity (Wildman–Crippen MR) is 45.9 cm³/mol. The lowest BCUT2D eigenvalue weighted by Gasteiger charge is -1.95. The van der Waals surface area contributed by atoms with Crippen LogP contribution in [-0.4, -0.2) is 11.1 Å². The summed E-state index contributed by atoms with van der Waals surface area (Å²) in [5, 5.41) is 8.60. The Balaban J connectivity index is 0.00000144. The molecule has 1 aliphatic carbocycles. The molecule has 0 bridgehead atoms. The smallest absolute Gasteiger partial charge is 0.307 e. The summed E-state index contributed by atoms with van der Waals surface area (Å²) in [6.07, 6.45) is -1.06. The lowest BCUT2D eigenvalue weighted by molar-refractivity contribution is -0.139.